The number of fused-ring (bicyclic) bond motifs is 1. The number of benzene rings is 2. The lowest BCUT2D eigenvalue weighted by Crippen LogP contribution is -2.15. The lowest BCUT2D eigenvalue weighted by Gasteiger charge is -2.20. The molecule has 3 rings (SSSR count). The number of halogens is 3. The summed E-state index contributed by atoms with van der Waals surface area (Å²) in [5.41, 5.74) is 2.24. The van der Waals surface area contributed by atoms with E-state index in [0.717, 1.165) is 27.1 Å². The SMILES string of the molecule is Clc1ccc(C(Br)c2ccc3c(c2)OCCO3)cc1Br. The van der Waals surface area contributed by atoms with E-state index in [-0.39, 0.29) is 4.83 Å². The van der Waals surface area contributed by atoms with Crippen molar-refractivity contribution in [1.29, 1.82) is 0 Å². The fourth-order valence-corrected chi connectivity index (χ4v) is 3.16. The van der Waals surface area contributed by atoms with E-state index in [0.29, 0.717) is 18.2 Å². The molecule has 0 aliphatic carbocycles. The van der Waals surface area contributed by atoms with E-state index in [1.165, 1.54) is 0 Å². The van der Waals surface area contributed by atoms with Crippen LogP contribution >= 0.6 is 43.5 Å². The number of alkyl halides is 1. The van der Waals surface area contributed by atoms with E-state index in [1.54, 1.807) is 0 Å². The molecule has 20 heavy (non-hydrogen) atoms. The monoisotopic (exact) mass is 416 g/mol. The van der Waals surface area contributed by atoms with E-state index >= 15 is 0 Å². The molecule has 0 radical (unpaired) electrons. The maximum Gasteiger partial charge on any atom is 0.161 e. The van der Waals surface area contributed by atoms with Crippen LogP contribution in [0.1, 0.15) is 16.0 Å². The predicted octanol–water partition coefficient (Wildman–Crippen LogP) is 5.36. The topological polar surface area (TPSA) is 18.5 Å². The summed E-state index contributed by atoms with van der Waals surface area (Å²) >= 11 is 13.2. The zero-order valence-electron chi connectivity index (χ0n) is 10.4. The van der Waals surface area contributed by atoms with Crippen molar-refractivity contribution in [1.82, 2.24) is 0 Å². The molecule has 0 spiro atoms. The van der Waals surface area contributed by atoms with Crippen molar-refractivity contribution in [3.05, 3.63) is 57.0 Å². The zero-order valence-corrected chi connectivity index (χ0v) is 14.3. The first-order valence-corrected chi connectivity index (χ1v) is 8.22. The summed E-state index contributed by atoms with van der Waals surface area (Å²) < 4.78 is 12.0. The highest BCUT2D eigenvalue weighted by molar-refractivity contribution is 9.10. The summed E-state index contributed by atoms with van der Waals surface area (Å²) in [4.78, 5) is 0.0758. The Morgan fingerprint density at radius 3 is 2.35 bits per heavy atom. The molecule has 0 fully saturated rings. The lowest BCUT2D eigenvalue weighted by atomic mass is 10.0. The van der Waals surface area contributed by atoms with Gasteiger partial charge in [0.2, 0.25) is 0 Å². The van der Waals surface area contributed by atoms with Crippen molar-refractivity contribution in [2.45, 2.75) is 4.83 Å². The molecule has 0 N–H and O–H groups in total. The highest BCUT2D eigenvalue weighted by atomic mass is 79.9. The molecular formula is C15H11Br2ClO2. The Morgan fingerprint density at radius 1 is 0.950 bits per heavy atom. The predicted molar refractivity (Wildman–Crippen MR) is 87.4 cm³/mol. The van der Waals surface area contributed by atoms with Gasteiger partial charge in [-0.15, -0.1) is 0 Å². The molecule has 1 heterocycles. The molecule has 0 saturated carbocycles. The average Bonchev–Trinajstić information content (AvgIpc) is 2.49. The van der Waals surface area contributed by atoms with Gasteiger partial charge in [-0.05, 0) is 51.3 Å². The van der Waals surface area contributed by atoms with Crippen molar-refractivity contribution < 1.29 is 9.47 Å². The molecule has 0 amide bonds. The molecule has 104 valence electrons. The second-order valence-electron chi connectivity index (χ2n) is 4.44. The third-order valence-corrected chi connectivity index (χ3v) is 5.37. The second kappa shape index (κ2) is 5.96. The van der Waals surface area contributed by atoms with Crippen molar-refractivity contribution in [2.24, 2.45) is 0 Å². The van der Waals surface area contributed by atoms with Gasteiger partial charge in [0.15, 0.2) is 11.5 Å². The Hall–Kier alpha value is -0.710. The minimum absolute atomic E-state index is 0.0758. The van der Waals surface area contributed by atoms with Crippen LogP contribution in [0.4, 0.5) is 0 Å². The Kier molecular flexibility index (Phi) is 4.24. The number of rotatable bonds is 2. The van der Waals surface area contributed by atoms with E-state index in [1.807, 2.05) is 36.4 Å². The second-order valence-corrected chi connectivity index (χ2v) is 6.62. The summed E-state index contributed by atoms with van der Waals surface area (Å²) in [5.74, 6) is 1.60. The summed E-state index contributed by atoms with van der Waals surface area (Å²) in [6.07, 6.45) is 0. The first kappa shape index (κ1) is 14.2. The largest absolute Gasteiger partial charge is 0.486 e. The van der Waals surface area contributed by atoms with E-state index in [4.69, 9.17) is 21.1 Å². The summed E-state index contributed by atoms with van der Waals surface area (Å²) in [5, 5.41) is 0.704. The van der Waals surface area contributed by atoms with Crippen molar-refractivity contribution in [3.8, 4) is 11.5 Å². The van der Waals surface area contributed by atoms with Crippen LogP contribution in [0.5, 0.6) is 11.5 Å². The fourth-order valence-electron chi connectivity index (χ4n) is 2.08. The quantitative estimate of drug-likeness (QED) is 0.612. The average molecular weight is 419 g/mol. The molecule has 2 aromatic carbocycles. The smallest absolute Gasteiger partial charge is 0.161 e. The van der Waals surface area contributed by atoms with E-state index in [9.17, 15) is 0 Å². The van der Waals surface area contributed by atoms with Crippen LogP contribution in [0.25, 0.3) is 0 Å². The standard InChI is InChI=1S/C15H11Br2ClO2/c16-11-7-9(1-3-12(11)18)15(17)10-2-4-13-14(8-10)20-6-5-19-13/h1-4,7-8,15H,5-6H2. The van der Waals surface area contributed by atoms with Gasteiger partial charge in [0.25, 0.3) is 0 Å². The number of hydrogen-bond acceptors (Lipinski definition) is 2. The molecule has 0 aromatic heterocycles. The van der Waals surface area contributed by atoms with Crippen LogP contribution < -0.4 is 9.47 Å². The van der Waals surface area contributed by atoms with Crippen molar-refractivity contribution in [2.75, 3.05) is 13.2 Å². The normalized spacial score (nSPS) is 14.9. The molecule has 1 atom stereocenters. The maximum atomic E-state index is 6.03. The van der Waals surface area contributed by atoms with Gasteiger partial charge in [0, 0.05) is 4.47 Å². The molecule has 1 unspecified atom stereocenters. The number of hydrogen-bond donors (Lipinski definition) is 0. The first-order valence-electron chi connectivity index (χ1n) is 6.14. The van der Waals surface area contributed by atoms with Crippen LogP contribution in [0, 0.1) is 0 Å². The summed E-state index contributed by atoms with van der Waals surface area (Å²) in [7, 11) is 0. The minimum Gasteiger partial charge on any atom is -0.486 e. The molecule has 0 bridgehead atoms. The van der Waals surface area contributed by atoms with Gasteiger partial charge < -0.3 is 9.47 Å². The molecule has 1 aliphatic heterocycles. The minimum atomic E-state index is 0.0758. The van der Waals surface area contributed by atoms with Crippen LogP contribution in [-0.4, -0.2) is 13.2 Å². The molecule has 1 aliphatic rings. The van der Waals surface area contributed by atoms with Gasteiger partial charge >= 0.3 is 0 Å². The maximum absolute atomic E-state index is 6.03. The van der Waals surface area contributed by atoms with Crippen LogP contribution in [0.15, 0.2) is 40.9 Å². The van der Waals surface area contributed by atoms with Gasteiger partial charge in [-0.3, -0.25) is 0 Å². The van der Waals surface area contributed by atoms with Crippen LogP contribution in [0.3, 0.4) is 0 Å². The Balaban J connectivity index is 1.93. The highest BCUT2D eigenvalue weighted by Crippen LogP contribution is 2.39. The van der Waals surface area contributed by atoms with E-state index < -0.39 is 0 Å². The zero-order chi connectivity index (χ0) is 14.1. The van der Waals surface area contributed by atoms with Gasteiger partial charge in [-0.2, -0.15) is 0 Å². The van der Waals surface area contributed by atoms with Gasteiger partial charge in [0.05, 0.1) is 9.85 Å². The third-order valence-electron chi connectivity index (χ3n) is 3.10. The van der Waals surface area contributed by atoms with Gasteiger partial charge in [-0.1, -0.05) is 39.7 Å². The Bertz CT molecular complexity index is 646. The first-order chi connectivity index (χ1) is 9.65. The van der Waals surface area contributed by atoms with Crippen LogP contribution in [-0.2, 0) is 0 Å². The van der Waals surface area contributed by atoms with Gasteiger partial charge in [-0.25, -0.2) is 0 Å². The molecule has 0 saturated heterocycles. The van der Waals surface area contributed by atoms with Crippen molar-refractivity contribution in [3.63, 3.8) is 0 Å². The molecule has 2 nitrogen and oxygen atoms in total. The molecule has 2 aromatic rings. The molecular weight excluding hydrogens is 407 g/mol. The molecule has 5 heteroatoms. The summed E-state index contributed by atoms with van der Waals surface area (Å²) in [6, 6.07) is 11.9. The highest BCUT2D eigenvalue weighted by Gasteiger charge is 2.17. The van der Waals surface area contributed by atoms with E-state index in [2.05, 4.69) is 31.9 Å². The Labute approximate surface area is 139 Å². The van der Waals surface area contributed by atoms with Crippen LogP contribution in [0.2, 0.25) is 5.02 Å². The summed E-state index contributed by atoms with van der Waals surface area (Å²) in [6.45, 7) is 1.20. The van der Waals surface area contributed by atoms with Crippen molar-refractivity contribution >= 4 is 43.5 Å². The third kappa shape index (κ3) is 2.83. The fraction of sp³-hybridized carbons (Fsp3) is 0.200. The number of ether oxygens (including phenoxy) is 2. The lowest BCUT2D eigenvalue weighted by molar-refractivity contribution is 0.171. The van der Waals surface area contributed by atoms with Gasteiger partial charge in [0.1, 0.15) is 13.2 Å². The Morgan fingerprint density at radius 2 is 1.60 bits per heavy atom.